The molecule has 1 aromatic heterocycles. The fraction of sp³-hybridized carbons (Fsp3) is 0.154. The van der Waals surface area contributed by atoms with E-state index in [4.69, 9.17) is 11.6 Å². The minimum absolute atomic E-state index is 0.291. The number of hydrogen-bond donors (Lipinski definition) is 0. The van der Waals surface area contributed by atoms with Crippen molar-refractivity contribution in [3.63, 3.8) is 0 Å². The van der Waals surface area contributed by atoms with Crippen LogP contribution in [0, 0.1) is 5.82 Å². The van der Waals surface area contributed by atoms with E-state index < -0.39 is 5.82 Å². The van der Waals surface area contributed by atoms with E-state index in [0.717, 1.165) is 10.0 Å². The molecule has 0 saturated carbocycles. The molecule has 0 unspecified atom stereocenters. The zero-order chi connectivity index (χ0) is 13.1. The van der Waals surface area contributed by atoms with Crippen molar-refractivity contribution in [2.75, 3.05) is 11.9 Å². The Bertz CT molecular complexity index is 562. The van der Waals surface area contributed by atoms with Crippen LogP contribution in [0.1, 0.15) is 5.56 Å². The van der Waals surface area contributed by atoms with Crippen LogP contribution < -0.4 is 4.90 Å². The first-order valence-electron chi connectivity index (χ1n) is 5.33. The highest BCUT2D eigenvalue weighted by atomic mass is 79.9. The second-order valence-corrected chi connectivity index (χ2v) is 5.30. The van der Waals surface area contributed by atoms with Gasteiger partial charge in [-0.2, -0.15) is 0 Å². The van der Waals surface area contributed by atoms with E-state index in [1.807, 2.05) is 24.3 Å². The highest BCUT2D eigenvalue weighted by Gasteiger charge is 2.10. The van der Waals surface area contributed by atoms with E-state index >= 15 is 0 Å². The quantitative estimate of drug-likeness (QED) is 0.836. The summed E-state index contributed by atoms with van der Waals surface area (Å²) in [6.45, 7) is 0.574. The molecule has 0 aliphatic heterocycles. The Morgan fingerprint density at radius 1 is 1.39 bits per heavy atom. The van der Waals surface area contributed by atoms with Gasteiger partial charge in [-0.1, -0.05) is 39.7 Å². The summed E-state index contributed by atoms with van der Waals surface area (Å²) in [5, 5.41) is 0.298. The highest BCUT2D eigenvalue weighted by molar-refractivity contribution is 9.10. The van der Waals surface area contributed by atoms with Gasteiger partial charge in [0.2, 0.25) is 0 Å². The van der Waals surface area contributed by atoms with Crippen molar-refractivity contribution >= 4 is 33.3 Å². The minimum atomic E-state index is -0.417. The van der Waals surface area contributed by atoms with Crippen LogP contribution in [0.3, 0.4) is 0 Å². The molecule has 0 aliphatic rings. The number of halogens is 3. The largest absolute Gasteiger partial charge is 0.353 e. The minimum Gasteiger partial charge on any atom is -0.353 e. The normalized spacial score (nSPS) is 10.4. The molecule has 0 fully saturated rings. The number of rotatable bonds is 3. The van der Waals surface area contributed by atoms with Crippen LogP contribution in [-0.4, -0.2) is 12.0 Å². The van der Waals surface area contributed by atoms with Gasteiger partial charge in [0.25, 0.3) is 0 Å². The van der Waals surface area contributed by atoms with E-state index in [0.29, 0.717) is 17.4 Å². The molecule has 0 N–H and O–H groups in total. The molecular formula is C13H11BrClFN2. The lowest BCUT2D eigenvalue weighted by Crippen LogP contribution is -2.19. The Labute approximate surface area is 119 Å². The summed E-state index contributed by atoms with van der Waals surface area (Å²) in [7, 11) is 1.79. The second-order valence-electron chi connectivity index (χ2n) is 3.94. The van der Waals surface area contributed by atoms with Crippen LogP contribution in [0.5, 0.6) is 0 Å². The Balaban J connectivity index is 2.19. The van der Waals surface area contributed by atoms with Gasteiger partial charge in [0, 0.05) is 24.3 Å². The summed E-state index contributed by atoms with van der Waals surface area (Å²) < 4.78 is 14.7. The maximum Gasteiger partial charge on any atom is 0.167 e. The average Bonchev–Trinajstić information content (AvgIpc) is 2.28. The Morgan fingerprint density at radius 3 is 2.83 bits per heavy atom. The summed E-state index contributed by atoms with van der Waals surface area (Å²) in [5.41, 5.74) is 1.07. The Hall–Kier alpha value is -1.13. The van der Waals surface area contributed by atoms with E-state index in [2.05, 4.69) is 20.9 Å². The first-order valence-corrected chi connectivity index (χ1v) is 6.50. The van der Waals surface area contributed by atoms with Crippen LogP contribution in [0.25, 0.3) is 0 Å². The van der Waals surface area contributed by atoms with Gasteiger partial charge >= 0.3 is 0 Å². The predicted octanol–water partition coefficient (Wildman–Crippen LogP) is 4.27. The van der Waals surface area contributed by atoms with E-state index in [1.54, 1.807) is 11.9 Å². The van der Waals surface area contributed by atoms with Crippen LogP contribution in [0.2, 0.25) is 5.02 Å². The lowest BCUT2D eigenvalue weighted by Gasteiger charge is -2.18. The van der Waals surface area contributed by atoms with Gasteiger partial charge in [-0.15, -0.1) is 0 Å². The van der Waals surface area contributed by atoms with E-state index in [-0.39, 0.29) is 0 Å². The summed E-state index contributed by atoms with van der Waals surface area (Å²) in [5.74, 6) is -0.126. The van der Waals surface area contributed by atoms with Gasteiger partial charge in [0.05, 0.1) is 5.02 Å². The number of anilines is 1. The summed E-state index contributed by atoms with van der Waals surface area (Å²) in [4.78, 5) is 5.75. The van der Waals surface area contributed by atoms with Gasteiger partial charge in [-0.25, -0.2) is 9.37 Å². The molecule has 94 valence electrons. The monoisotopic (exact) mass is 328 g/mol. The number of pyridine rings is 1. The molecular weight excluding hydrogens is 319 g/mol. The summed E-state index contributed by atoms with van der Waals surface area (Å²) in [6.07, 6.45) is 1.44. The van der Waals surface area contributed by atoms with Gasteiger partial charge in [-0.3, -0.25) is 0 Å². The molecule has 2 rings (SSSR count). The van der Waals surface area contributed by atoms with Crippen molar-refractivity contribution in [1.82, 2.24) is 4.98 Å². The molecule has 0 spiro atoms. The molecule has 18 heavy (non-hydrogen) atoms. The van der Waals surface area contributed by atoms with Crippen molar-refractivity contribution in [1.29, 1.82) is 0 Å². The van der Waals surface area contributed by atoms with Crippen LogP contribution in [0.4, 0.5) is 10.2 Å². The van der Waals surface area contributed by atoms with Crippen LogP contribution in [-0.2, 0) is 6.54 Å². The van der Waals surface area contributed by atoms with E-state index in [9.17, 15) is 4.39 Å². The van der Waals surface area contributed by atoms with Crippen molar-refractivity contribution in [3.8, 4) is 0 Å². The summed E-state index contributed by atoms with van der Waals surface area (Å²) >= 11 is 9.08. The third-order valence-electron chi connectivity index (χ3n) is 2.46. The molecule has 0 aliphatic carbocycles. The number of nitrogens with zero attached hydrogens (tertiary/aromatic N) is 2. The topological polar surface area (TPSA) is 16.1 Å². The second kappa shape index (κ2) is 5.67. The molecule has 1 aromatic carbocycles. The molecule has 2 aromatic rings. The van der Waals surface area contributed by atoms with Gasteiger partial charge in [0.1, 0.15) is 0 Å². The fourth-order valence-electron chi connectivity index (χ4n) is 1.67. The number of benzene rings is 1. The smallest absolute Gasteiger partial charge is 0.167 e. The maximum atomic E-state index is 13.7. The first-order chi connectivity index (χ1) is 8.56. The van der Waals surface area contributed by atoms with Crippen molar-refractivity contribution < 1.29 is 4.39 Å². The molecule has 5 heteroatoms. The third-order valence-corrected chi connectivity index (χ3v) is 3.16. The standard InChI is InChI=1S/C13H11BrClFN2/c1-18(8-9-3-2-4-10(14)5-9)13-12(16)6-11(15)7-17-13/h2-7H,8H2,1H3. The Kier molecular flexibility index (Phi) is 4.19. The first kappa shape index (κ1) is 13.3. The SMILES string of the molecule is CN(Cc1cccc(Br)c1)c1ncc(Cl)cc1F. The van der Waals surface area contributed by atoms with Gasteiger partial charge < -0.3 is 4.90 Å². The fourth-order valence-corrected chi connectivity index (χ4v) is 2.26. The molecule has 0 bridgehead atoms. The number of aromatic nitrogens is 1. The maximum absolute atomic E-state index is 13.7. The predicted molar refractivity (Wildman–Crippen MR) is 75.5 cm³/mol. The molecule has 0 radical (unpaired) electrons. The molecule has 0 atom stereocenters. The molecule has 2 nitrogen and oxygen atoms in total. The number of hydrogen-bond acceptors (Lipinski definition) is 2. The zero-order valence-corrected chi connectivity index (χ0v) is 12.0. The molecule has 1 heterocycles. The lowest BCUT2D eigenvalue weighted by molar-refractivity contribution is 0.615. The molecule has 0 saturated heterocycles. The van der Waals surface area contributed by atoms with Crippen molar-refractivity contribution in [3.05, 3.63) is 57.4 Å². The summed E-state index contributed by atoms with van der Waals surface area (Å²) in [6, 6.07) is 9.13. The van der Waals surface area contributed by atoms with Crippen molar-refractivity contribution in [2.24, 2.45) is 0 Å². The van der Waals surface area contributed by atoms with Crippen molar-refractivity contribution in [2.45, 2.75) is 6.54 Å². The van der Waals surface area contributed by atoms with Crippen LogP contribution in [0.15, 0.2) is 41.0 Å². The van der Waals surface area contributed by atoms with Gasteiger partial charge in [-0.05, 0) is 23.8 Å². The zero-order valence-electron chi connectivity index (χ0n) is 9.70. The van der Waals surface area contributed by atoms with Gasteiger partial charge in [0.15, 0.2) is 11.6 Å². The van der Waals surface area contributed by atoms with Crippen LogP contribution >= 0.6 is 27.5 Å². The third kappa shape index (κ3) is 3.21. The Morgan fingerprint density at radius 2 is 2.17 bits per heavy atom. The van der Waals surface area contributed by atoms with E-state index in [1.165, 1.54) is 12.3 Å². The highest BCUT2D eigenvalue weighted by Crippen LogP contribution is 2.21. The lowest BCUT2D eigenvalue weighted by atomic mass is 10.2. The molecule has 0 amide bonds. The average molecular weight is 330 g/mol.